The Labute approximate surface area is 154 Å². The average molecular weight is 373 g/mol. The van der Waals surface area contributed by atoms with E-state index in [2.05, 4.69) is 19.1 Å². The van der Waals surface area contributed by atoms with Crippen LogP contribution in [0.4, 0.5) is 5.69 Å². The van der Waals surface area contributed by atoms with E-state index in [1.807, 2.05) is 18.2 Å². The van der Waals surface area contributed by atoms with Gasteiger partial charge in [-0.05, 0) is 53.3 Å². The molecule has 0 spiro atoms. The van der Waals surface area contributed by atoms with Crippen LogP contribution in [-0.2, 0) is 21.9 Å². The van der Waals surface area contributed by atoms with E-state index in [-0.39, 0.29) is 5.41 Å². The van der Waals surface area contributed by atoms with E-state index in [9.17, 15) is 8.42 Å². The maximum Gasteiger partial charge on any atom is 0.232 e. The van der Waals surface area contributed by atoms with E-state index in [0.717, 1.165) is 41.0 Å². The molecule has 6 heteroatoms. The first kappa shape index (κ1) is 17.2. The van der Waals surface area contributed by atoms with Gasteiger partial charge in [0.1, 0.15) is 0 Å². The molecular formula is C20H23NO4S. The third-order valence-electron chi connectivity index (χ3n) is 5.66. The summed E-state index contributed by atoms with van der Waals surface area (Å²) in [5.41, 5.74) is 5.21. The van der Waals surface area contributed by atoms with Crippen molar-refractivity contribution < 1.29 is 17.9 Å². The number of nitrogens with zero attached hydrogens (tertiary/aromatic N) is 1. The summed E-state index contributed by atoms with van der Waals surface area (Å²) in [7, 11) is -0.0303. The number of hydrogen-bond donors (Lipinski definition) is 0. The van der Waals surface area contributed by atoms with Gasteiger partial charge in [0, 0.05) is 12.0 Å². The standard InChI is InChI=1S/C20H23NO4S/c1-20-8-9-21(26(4,22)23)16-7-5-6-14(19(16)20)15-11-18(25-3)17(24-2)10-13(15)12-20/h5-7,10-11H,8-9,12H2,1-4H3. The number of hydrogen-bond acceptors (Lipinski definition) is 4. The van der Waals surface area contributed by atoms with Crippen LogP contribution in [0, 0.1) is 0 Å². The van der Waals surface area contributed by atoms with Crippen molar-refractivity contribution in [2.45, 2.75) is 25.2 Å². The zero-order valence-electron chi connectivity index (χ0n) is 15.5. The molecule has 0 fully saturated rings. The Morgan fingerprint density at radius 3 is 2.42 bits per heavy atom. The Morgan fingerprint density at radius 1 is 1.08 bits per heavy atom. The molecule has 0 saturated carbocycles. The summed E-state index contributed by atoms with van der Waals surface area (Å²) < 4.78 is 37.1. The van der Waals surface area contributed by atoms with Crippen molar-refractivity contribution >= 4 is 15.7 Å². The van der Waals surface area contributed by atoms with Gasteiger partial charge in [-0.1, -0.05) is 19.1 Å². The number of sulfonamides is 1. The van der Waals surface area contributed by atoms with Gasteiger partial charge in [0.15, 0.2) is 11.5 Å². The zero-order chi connectivity index (χ0) is 18.7. The van der Waals surface area contributed by atoms with Crippen molar-refractivity contribution in [3.05, 3.63) is 41.5 Å². The fourth-order valence-corrected chi connectivity index (χ4v) is 5.39. The maximum absolute atomic E-state index is 12.3. The highest BCUT2D eigenvalue weighted by Gasteiger charge is 2.43. The predicted octanol–water partition coefficient (Wildman–Crippen LogP) is 3.35. The first-order valence-electron chi connectivity index (χ1n) is 8.65. The Bertz CT molecular complexity index is 999. The highest BCUT2D eigenvalue weighted by Crippen LogP contribution is 2.53. The van der Waals surface area contributed by atoms with Gasteiger partial charge >= 0.3 is 0 Å². The van der Waals surface area contributed by atoms with E-state index < -0.39 is 10.0 Å². The Balaban J connectivity index is 2.01. The summed E-state index contributed by atoms with van der Waals surface area (Å²) in [6, 6.07) is 9.99. The lowest BCUT2D eigenvalue weighted by Crippen LogP contribution is -2.44. The molecule has 2 aromatic rings. The van der Waals surface area contributed by atoms with Crippen LogP contribution in [0.1, 0.15) is 24.5 Å². The first-order valence-corrected chi connectivity index (χ1v) is 10.5. The molecule has 5 nitrogen and oxygen atoms in total. The van der Waals surface area contributed by atoms with Gasteiger partial charge in [-0.25, -0.2) is 8.42 Å². The summed E-state index contributed by atoms with van der Waals surface area (Å²) in [6.07, 6.45) is 2.92. The van der Waals surface area contributed by atoms with Crippen LogP contribution in [-0.4, -0.2) is 35.4 Å². The van der Waals surface area contributed by atoms with E-state index in [0.29, 0.717) is 12.3 Å². The number of fused-ring (bicyclic) bond motifs is 2. The molecular weight excluding hydrogens is 350 g/mol. The van der Waals surface area contributed by atoms with Crippen molar-refractivity contribution in [3.8, 4) is 22.6 Å². The molecule has 1 unspecified atom stereocenters. The fourth-order valence-electron chi connectivity index (χ4n) is 4.46. The first-order chi connectivity index (χ1) is 12.3. The molecule has 2 aliphatic rings. The molecule has 0 saturated heterocycles. The Kier molecular flexibility index (Phi) is 3.74. The lowest BCUT2D eigenvalue weighted by Gasteiger charge is -2.45. The Morgan fingerprint density at radius 2 is 1.77 bits per heavy atom. The number of ether oxygens (including phenoxy) is 2. The van der Waals surface area contributed by atoms with Gasteiger partial charge in [-0.15, -0.1) is 0 Å². The number of anilines is 1. The molecule has 0 bridgehead atoms. The van der Waals surface area contributed by atoms with E-state index >= 15 is 0 Å². The second-order valence-corrected chi connectivity index (χ2v) is 9.29. The minimum Gasteiger partial charge on any atom is -0.493 e. The quantitative estimate of drug-likeness (QED) is 0.828. The maximum atomic E-state index is 12.3. The molecule has 26 heavy (non-hydrogen) atoms. The highest BCUT2D eigenvalue weighted by atomic mass is 32.2. The minimum atomic E-state index is -3.30. The van der Waals surface area contributed by atoms with Gasteiger partial charge in [0.25, 0.3) is 0 Å². The van der Waals surface area contributed by atoms with Crippen LogP contribution in [0.25, 0.3) is 11.1 Å². The molecule has 1 atom stereocenters. The topological polar surface area (TPSA) is 55.8 Å². The molecule has 1 aliphatic heterocycles. The molecule has 0 amide bonds. The molecule has 0 radical (unpaired) electrons. The van der Waals surface area contributed by atoms with Gasteiger partial charge in [0.05, 0.1) is 26.2 Å². The molecule has 2 aromatic carbocycles. The number of benzene rings is 2. The van der Waals surface area contributed by atoms with Crippen molar-refractivity contribution in [1.82, 2.24) is 0 Å². The van der Waals surface area contributed by atoms with Crippen LogP contribution in [0.2, 0.25) is 0 Å². The van der Waals surface area contributed by atoms with E-state index in [4.69, 9.17) is 9.47 Å². The zero-order valence-corrected chi connectivity index (χ0v) is 16.3. The third-order valence-corrected chi connectivity index (χ3v) is 6.84. The fraction of sp³-hybridized carbons (Fsp3) is 0.400. The van der Waals surface area contributed by atoms with Crippen molar-refractivity contribution in [2.24, 2.45) is 0 Å². The van der Waals surface area contributed by atoms with Crippen LogP contribution >= 0.6 is 0 Å². The van der Waals surface area contributed by atoms with Gasteiger partial charge in [-0.3, -0.25) is 4.31 Å². The van der Waals surface area contributed by atoms with Gasteiger partial charge < -0.3 is 9.47 Å². The summed E-state index contributed by atoms with van der Waals surface area (Å²) in [5.74, 6) is 1.41. The average Bonchev–Trinajstić information content (AvgIpc) is 2.59. The molecule has 138 valence electrons. The number of methoxy groups -OCH3 is 2. The summed E-state index contributed by atoms with van der Waals surface area (Å²) in [6.45, 7) is 2.74. The van der Waals surface area contributed by atoms with Gasteiger partial charge in [0.2, 0.25) is 10.0 Å². The predicted molar refractivity (Wildman–Crippen MR) is 103 cm³/mol. The summed E-state index contributed by atoms with van der Waals surface area (Å²) in [5, 5.41) is 0. The molecule has 1 aliphatic carbocycles. The second-order valence-electron chi connectivity index (χ2n) is 7.39. The van der Waals surface area contributed by atoms with Crippen molar-refractivity contribution in [3.63, 3.8) is 0 Å². The van der Waals surface area contributed by atoms with Crippen molar-refractivity contribution in [1.29, 1.82) is 0 Å². The lowest BCUT2D eigenvalue weighted by atomic mass is 9.65. The Hall–Kier alpha value is -2.21. The van der Waals surface area contributed by atoms with Gasteiger partial charge in [-0.2, -0.15) is 0 Å². The number of rotatable bonds is 3. The highest BCUT2D eigenvalue weighted by molar-refractivity contribution is 7.92. The lowest BCUT2D eigenvalue weighted by molar-refractivity contribution is 0.353. The van der Waals surface area contributed by atoms with Crippen LogP contribution in [0.15, 0.2) is 30.3 Å². The normalized spacial score (nSPS) is 21.0. The third kappa shape index (κ3) is 2.39. The molecule has 0 aromatic heterocycles. The van der Waals surface area contributed by atoms with Crippen molar-refractivity contribution in [2.75, 3.05) is 31.3 Å². The summed E-state index contributed by atoms with van der Waals surface area (Å²) >= 11 is 0. The van der Waals surface area contributed by atoms with Crippen LogP contribution in [0.3, 0.4) is 0 Å². The molecule has 1 heterocycles. The monoisotopic (exact) mass is 373 g/mol. The largest absolute Gasteiger partial charge is 0.493 e. The molecule has 4 rings (SSSR count). The molecule has 0 N–H and O–H groups in total. The van der Waals surface area contributed by atoms with E-state index in [1.54, 1.807) is 18.5 Å². The minimum absolute atomic E-state index is 0.0975. The SMILES string of the molecule is COc1cc2c(cc1OC)-c1cccc3c1C(C)(CCN3S(C)(=O)=O)C2. The van der Waals surface area contributed by atoms with E-state index in [1.165, 1.54) is 11.8 Å². The van der Waals surface area contributed by atoms with Crippen LogP contribution < -0.4 is 13.8 Å². The second kappa shape index (κ2) is 5.64. The smallest absolute Gasteiger partial charge is 0.232 e. The summed E-state index contributed by atoms with van der Waals surface area (Å²) in [4.78, 5) is 0. The van der Waals surface area contributed by atoms with Crippen LogP contribution in [0.5, 0.6) is 11.5 Å².